The molecular weight excluding hydrogens is 351 g/mol. The van der Waals surface area contributed by atoms with Crippen molar-refractivity contribution in [2.45, 2.75) is 39.7 Å². The van der Waals surface area contributed by atoms with Crippen molar-refractivity contribution in [3.05, 3.63) is 22.7 Å². The molecule has 0 radical (unpaired) electrons. The van der Waals surface area contributed by atoms with Gasteiger partial charge in [0.1, 0.15) is 0 Å². The molecule has 0 saturated carbocycles. The van der Waals surface area contributed by atoms with Crippen LogP contribution >= 0.6 is 24.0 Å². The number of ether oxygens (including phenoxy) is 2. The van der Waals surface area contributed by atoms with Gasteiger partial charge in [-0.15, -0.1) is 12.4 Å². The van der Waals surface area contributed by atoms with E-state index in [1.807, 2.05) is 13.8 Å². The Morgan fingerprint density at radius 2 is 2.04 bits per heavy atom. The highest BCUT2D eigenvalue weighted by molar-refractivity contribution is 6.32. The summed E-state index contributed by atoms with van der Waals surface area (Å²) in [4.78, 5) is 12.3. The van der Waals surface area contributed by atoms with E-state index < -0.39 is 0 Å². The summed E-state index contributed by atoms with van der Waals surface area (Å²) < 4.78 is 11.0. The maximum atomic E-state index is 12.3. The topological polar surface area (TPSA) is 59.6 Å². The SMILES string of the molecule is CCCCOc1c(Cl)cc(C(=O)NC[C@@H](C)NCC)cc1OC.Cl. The number of carbonyl (C=O) groups is 1. The number of benzene rings is 1. The van der Waals surface area contributed by atoms with Crippen molar-refractivity contribution in [2.75, 3.05) is 26.8 Å². The summed E-state index contributed by atoms with van der Waals surface area (Å²) in [7, 11) is 1.53. The lowest BCUT2D eigenvalue weighted by atomic mass is 10.1. The van der Waals surface area contributed by atoms with Crippen molar-refractivity contribution in [3.8, 4) is 11.5 Å². The molecular formula is C17H28Cl2N2O3. The van der Waals surface area contributed by atoms with Crippen LogP contribution in [0, 0.1) is 0 Å². The van der Waals surface area contributed by atoms with Crippen LogP contribution in [-0.4, -0.2) is 38.8 Å². The molecule has 0 bridgehead atoms. The quantitative estimate of drug-likeness (QED) is 0.609. The Balaban J connectivity index is 0.00000529. The van der Waals surface area contributed by atoms with E-state index in [0.29, 0.717) is 35.2 Å². The Hall–Kier alpha value is -1.17. The highest BCUT2D eigenvalue weighted by atomic mass is 35.5. The molecule has 0 saturated heterocycles. The van der Waals surface area contributed by atoms with Crippen molar-refractivity contribution in [1.29, 1.82) is 0 Å². The van der Waals surface area contributed by atoms with Crippen LogP contribution < -0.4 is 20.1 Å². The summed E-state index contributed by atoms with van der Waals surface area (Å²) >= 11 is 6.25. The fourth-order valence-electron chi connectivity index (χ4n) is 2.08. The first-order valence-corrected chi connectivity index (χ1v) is 8.43. The maximum Gasteiger partial charge on any atom is 0.251 e. The third kappa shape index (κ3) is 7.16. The van der Waals surface area contributed by atoms with Gasteiger partial charge in [0.05, 0.1) is 18.7 Å². The lowest BCUT2D eigenvalue weighted by Crippen LogP contribution is -2.38. The molecule has 0 aliphatic heterocycles. The second-order valence-electron chi connectivity index (χ2n) is 5.36. The summed E-state index contributed by atoms with van der Waals surface area (Å²) in [6.45, 7) is 8.10. The van der Waals surface area contributed by atoms with Gasteiger partial charge in [-0.05, 0) is 32.0 Å². The molecule has 1 aromatic carbocycles. The van der Waals surface area contributed by atoms with Gasteiger partial charge in [-0.2, -0.15) is 0 Å². The Morgan fingerprint density at radius 3 is 2.62 bits per heavy atom. The third-order valence-corrected chi connectivity index (χ3v) is 3.64. The van der Waals surface area contributed by atoms with E-state index >= 15 is 0 Å². The van der Waals surface area contributed by atoms with E-state index in [9.17, 15) is 4.79 Å². The molecule has 0 unspecified atom stereocenters. The normalized spacial score (nSPS) is 11.4. The van der Waals surface area contributed by atoms with E-state index in [4.69, 9.17) is 21.1 Å². The number of carbonyl (C=O) groups excluding carboxylic acids is 1. The zero-order valence-corrected chi connectivity index (χ0v) is 16.4. The Kier molecular flexibility index (Phi) is 11.6. The number of rotatable bonds is 10. The van der Waals surface area contributed by atoms with Gasteiger partial charge < -0.3 is 20.1 Å². The number of likely N-dealkylation sites (N-methyl/N-ethyl adjacent to an activating group) is 1. The van der Waals surface area contributed by atoms with E-state index in [0.717, 1.165) is 19.4 Å². The number of hydrogen-bond donors (Lipinski definition) is 2. The number of unbranched alkanes of at least 4 members (excludes halogenated alkanes) is 1. The highest BCUT2D eigenvalue weighted by Crippen LogP contribution is 2.36. The molecule has 5 nitrogen and oxygen atoms in total. The smallest absolute Gasteiger partial charge is 0.251 e. The van der Waals surface area contributed by atoms with Crippen molar-refractivity contribution >= 4 is 29.9 Å². The van der Waals surface area contributed by atoms with Crippen LogP contribution in [0.3, 0.4) is 0 Å². The minimum absolute atomic E-state index is 0. The average molecular weight is 379 g/mol. The minimum Gasteiger partial charge on any atom is -0.493 e. The number of halogens is 2. The molecule has 0 heterocycles. The minimum atomic E-state index is -0.185. The van der Waals surface area contributed by atoms with Crippen LogP contribution in [0.4, 0.5) is 0 Å². The van der Waals surface area contributed by atoms with Gasteiger partial charge in [0, 0.05) is 18.2 Å². The van der Waals surface area contributed by atoms with E-state index in [1.165, 1.54) is 7.11 Å². The molecule has 0 fully saturated rings. The molecule has 7 heteroatoms. The fraction of sp³-hybridized carbons (Fsp3) is 0.588. The van der Waals surface area contributed by atoms with E-state index in [-0.39, 0.29) is 24.4 Å². The standard InChI is InChI=1S/C17H27ClN2O3.ClH/c1-5-7-8-23-16-14(18)9-13(10-15(16)22-4)17(21)20-11-12(3)19-6-2;/h9-10,12,19H,5-8,11H2,1-4H3,(H,20,21);1H/t12-;/m1./s1. The predicted molar refractivity (Wildman–Crippen MR) is 101 cm³/mol. The van der Waals surface area contributed by atoms with Gasteiger partial charge in [-0.1, -0.05) is 31.9 Å². The number of hydrogen-bond acceptors (Lipinski definition) is 4. The number of nitrogens with one attached hydrogen (secondary N) is 2. The van der Waals surface area contributed by atoms with Crippen LogP contribution in [0.5, 0.6) is 11.5 Å². The molecule has 1 amide bonds. The second-order valence-corrected chi connectivity index (χ2v) is 5.77. The number of methoxy groups -OCH3 is 1. The molecule has 0 spiro atoms. The zero-order valence-electron chi connectivity index (χ0n) is 14.8. The second kappa shape index (κ2) is 12.2. The molecule has 0 aromatic heterocycles. The molecule has 0 aliphatic carbocycles. The first-order chi connectivity index (χ1) is 11.0. The molecule has 138 valence electrons. The van der Waals surface area contributed by atoms with Crippen molar-refractivity contribution in [1.82, 2.24) is 10.6 Å². The zero-order chi connectivity index (χ0) is 17.2. The summed E-state index contributed by atoms with van der Waals surface area (Å²) in [6, 6.07) is 3.47. The van der Waals surface area contributed by atoms with Gasteiger partial charge in [0.2, 0.25) is 0 Å². The van der Waals surface area contributed by atoms with Gasteiger partial charge in [0.25, 0.3) is 5.91 Å². The lowest BCUT2D eigenvalue weighted by molar-refractivity contribution is 0.0950. The van der Waals surface area contributed by atoms with E-state index in [2.05, 4.69) is 17.6 Å². The largest absolute Gasteiger partial charge is 0.493 e. The van der Waals surface area contributed by atoms with Crippen molar-refractivity contribution in [2.24, 2.45) is 0 Å². The third-order valence-electron chi connectivity index (χ3n) is 3.36. The van der Waals surface area contributed by atoms with Crippen LogP contribution in [0.15, 0.2) is 12.1 Å². The van der Waals surface area contributed by atoms with Crippen LogP contribution in [0.25, 0.3) is 0 Å². The van der Waals surface area contributed by atoms with Crippen molar-refractivity contribution < 1.29 is 14.3 Å². The Morgan fingerprint density at radius 1 is 1.33 bits per heavy atom. The van der Waals surface area contributed by atoms with Gasteiger partial charge in [-0.3, -0.25) is 4.79 Å². The first kappa shape index (κ1) is 22.8. The summed E-state index contributed by atoms with van der Waals surface area (Å²) in [5.74, 6) is 0.772. The highest BCUT2D eigenvalue weighted by Gasteiger charge is 2.16. The number of amides is 1. The van der Waals surface area contributed by atoms with Gasteiger partial charge >= 0.3 is 0 Å². The average Bonchev–Trinajstić information content (AvgIpc) is 2.54. The monoisotopic (exact) mass is 378 g/mol. The van der Waals surface area contributed by atoms with Gasteiger partial charge in [-0.25, -0.2) is 0 Å². The van der Waals surface area contributed by atoms with Gasteiger partial charge in [0.15, 0.2) is 11.5 Å². The van der Waals surface area contributed by atoms with Crippen LogP contribution in [0.1, 0.15) is 44.0 Å². The van der Waals surface area contributed by atoms with Crippen LogP contribution in [-0.2, 0) is 0 Å². The molecule has 2 N–H and O–H groups in total. The Bertz CT molecular complexity index is 513. The van der Waals surface area contributed by atoms with Crippen molar-refractivity contribution in [3.63, 3.8) is 0 Å². The summed E-state index contributed by atoms with van der Waals surface area (Å²) in [5, 5.41) is 6.50. The molecule has 0 aliphatic rings. The lowest BCUT2D eigenvalue weighted by Gasteiger charge is -2.15. The first-order valence-electron chi connectivity index (χ1n) is 8.05. The summed E-state index contributed by atoms with van der Waals surface area (Å²) in [6.07, 6.45) is 1.97. The Labute approximate surface area is 155 Å². The fourth-order valence-corrected chi connectivity index (χ4v) is 2.34. The molecule has 24 heavy (non-hydrogen) atoms. The molecule has 1 aromatic rings. The van der Waals surface area contributed by atoms with Crippen LogP contribution in [0.2, 0.25) is 5.02 Å². The predicted octanol–water partition coefficient (Wildman–Crippen LogP) is 3.68. The van der Waals surface area contributed by atoms with E-state index in [1.54, 1.807) is 12.1 Å². The molecule has 1 atom stereocenters. The molecule has 1 rings (SSSR count). The summed E-state index contributed by atoms with van der Waals surface area (Å²) in [5.41, 5.74) is 0.457. The maximum absolute atomic E-state index is 12.3.